The van der Waals surface area contributed by atoms with Gasteiger partial charge in [0.15, 0.2) is 0 Å². The van der Waals surface area contributed by atoms with Gasteiger partial charge in [-0.3, -0.25) is 9.48 Å². The van der Waals surface area contributed by atoms with E-state index in [0.717, 1.165) is 24.6 Å². The first-order valence-electron chi connectivity index (χ1n) is 6.16. The Hall–Kier alpha value is -2.04. The molecular weight excluding hydrogens is 250 g/mol. The van der Waals surface area contributed by atoms with Gasteiger partial charge in [0.2, 0.25) is 0 Å². The van der Waals surface area contributed by atoms with Crippen molar-refractivity contribution in [3.05, 3.63) is 42.1 Å². The van der Waals surface area contributed by atoms with Crippen LogP contribution in [-0.4, -0.2) is 15.6 Å². The van der Waals surface area contributed by atoms with Crippen LogP contribution in [0.25, 0.3) is 11.3 Å². The minimum absolute atomic E-state index is 0.0397. The molecule has 1 atom stereocenters. The number of nitrogens with zero attached hydrogens (tertiary/aromatic N) is 2. The molecule has 1 fully saturated rings. The zero-order chi connectivity index (χ0) is 13.4. The number of benzene rings is 1. The van der Waals surface area contributed by atoms with Gasteiger partial charge in [-0.1, -0.05) is 0 Å². The summed E-state index contributed by atoms with van der Waals surface area (Å²) >= 11 is 0. The number of halogens is 2. The summed E-state index contributed by atoms with van der Waals surface area (Å²) in [4.78, 5) is 11.3. The summed E-state index contributed by atoms with van der Waals surface area (Å²) in [5.74, 6) is -0.782. The fourth-order valence-electron chi connectivity index (χ4n) is 2.40. The number of hydrogen-bond donors (Lipinski definition) is 0. The van der Waals surface area contributed by atoms with Crippen LogP contribution >= 0.6 is 0 Å². The molecule has 19 heavy (non-hydrogen) atoms. The van der Waals surface area contributed by atoms with Crippen molar-refractivity contribution in [2.24, 2.45) is 0 Å². The second-order valence-corrected chi connectivity index (χ2v) is 4.74. The zero-order valence-electron chi connectivity index (χ0n) is 10.1. The molecule has 1 aliphatic carbocycles. The molecule has 0 aliphatic heterocycles. The Morgan fingerprint density at radius 2 is 2.11 bits per heavy atom. The lowest BCUT2D eigenvalue weighted by atomic mass is 10.1. The third kappa shape index (κ3) is 2.28. The Labute approximate surface area is 108 Å². The molecule has 1 aliphatic rings. The predicted molar refractivity (Wildman–Crippen MR) is 65.5 cm³/mol. The first kappa shape index (κ1) is 12.0. The second-order valence-electron chi connectivity index (χ2n) is 4.74. The van der Waals surface area contributed by atoms with E-state index in [2.05, 4.69) is 5.10 Å². The van der Waals surface area contributed by atoms with Crippen molar-refractivity contribution in [1.82, 2.24) is 9.78 Å². The molecule has 0 N–H and O–H groups in total. The maximum Gasteiger partial charge on any atom is 0.135 e. The molecule has 1 unspecified atom stereocenters. The Morgan fingerprint density at radius 3 is 2.84 bits per heavy atom. The van der Waals surface area contributed by atoms with Crippen LogP contribution in [0.2, 0.25) is 0 Å². The van der Waals surface area contributed by atoms with E-state index < -0.39 is 11.6 Å². The van der Waals surface area contributed by atoms with Crippen molar-refractivity contribution < 1.29 is 13.6 Å². The highest BCUT2D eigenvalue weighted by molar-refractivity contribution is 5.80. The number of aromatic nitrogens is 2. The molecule has 1 aromatic heterocycles. The number of ketones is 1. The van der Waals surface area contributed by atoms with Crippen LogP contribution in [-0.2, 0) is 4.79 Å². The highest BCUT2D eigenvalue weighted by atomic mass is 19.1. The highest BCUT2D eigenvalue weighted by Gasteiger charge is 2.24. The maximum atomic E-state index is 13.6. The van der Waals surface area contributed by atoms with Crippen molar-refractivity contribution >= 4 is 5.78 Å². The zero-order valence-corrected chi connectivity index (χ0v) is 10.1. The molecular formula is C14H12F2N2O. The van der Waals surface area contributed by atoms with Crippen LogP contribution in [0.3, 0.4) is 0 Å². The monoisotopic (exact) mass is 262 g/mol. The van der Waals surface area contributed by atoms with Gasteiger partial charge in [-0.2, -0.15) is 5.10 Å². The predicted octanol–water partition coefficient (Wildman–Crippen LogP) is 3.12. The maximum absolute atomic E-state index is 13.6. The van der Waals surface area contributed by atoms with Gasteiger partial charge < -0.3 is 0 Å². The lowest BCUT2D eigenvalue weighted by Crippen LogP contribution is -2.06. The molecule has 98 valence electrons. The van der Waals surface area contributed by atoms with Gasteiger partial charge in [0.05, 0.1) is 11.7 Å². The van der Waals surface area contributed by atoms with Crippen LogP contribution in [0.15, 0.2) is 30.5 Å². The van der Waals surface area contributed by atoms with Gasteiger partial charge in [0.1, 0.15) is 17.4 Å². The fourth-order valence-corrected chi connectivity index (χ4v) is 2.40. The van der Waals surface area contributed by atoms with Crippen molar-refractivity contribution in [3.8, 4) is 11.3 Å². The minimum atomic E-state index is -0.505. The smallest absolute Gasteiger partial charge is 0.135 e. The number of hydrogen-bond acceptors (Lipinski definition) is 2. The summed E-state index contributed by atoms with van der Waals surface area (Å²) in [5.41, 5.74) is 0.527. The molecule has 1 heterocycles. The molecule has 3 rings (SSSR count). The van der Waals surface area contributed by atoms with Crippen molar-refractivity contribution in [2.45, 2.75) is 25.3 Å². The van der Waals surface area contributed by atoms with E-state index in [-0.39, 0.29) is 17.4 Å². The van der Waals surface area contributed by atoms with Gasteiger partial charge in [-0.25, -0.2) is 8.78 Å². The van der Waals surface area contributed by atoms with Gasteiger partial charge in [0, 0.05) is 24.6 Å². The van der Waals surface area contributed by atoms with Gasteiger partial charge >= 0.3 is 0 Å². The topological polar surface area (TPSA) is 34.9 Å². The van der Waals surface area contributed by atoms with E-state index in [1.165, 1.54) is 0 Å². The first-order chi connectivity index (χ1) is 9.13. The van der Waals surface area contributed by atoms with E-state index in [1.807, 2.05) is 0 Å². The highest BCUT2D eigenvalue weighted by Crippen LogP contribution is 2.28. The SMILES string of the molecule is O=C1CCC(n2ccc(-c3cc(F)ccc3F)n2)C1. The fraction of sp³-hybridized carbons (Fsp3) is 0.286. The molecule has 0 radical (unpaired) electrons. The number of carbonyl (C=O) groups is 1. The molecule has 0 saturated heterocycles. The normalized spacial score (nSPS) is 19.1. The van der Waals surface area contributed by atoms with E-state index in [1.54, 1.807) is 16.9 Å². The largest absolute Gasteiger partial charge is 0.300 e. The van der Waals surface area contributed by atoms with Gasteiger partial charge in [-0.05, 0) is 30.7 Å². The van der Waals surface area contributed by atoms with Crippen molar-refractivity contribution in [3.63, 3.8) is 0 Å². The van der Waals surface area contributed by atoms with E-state index in [9.17, 15) is 13.6 Å². The Balaban J connectivity index is 1.92. The van der Waals surface area contributed by atoms with E-state index in [4.69, 9.17) is 0 Å². The number of Topliss-reactive ketones (excluding diaryl/α,β-unsaturated/α-hetero) is 1. The molecule has 3 nitrogen and oxygen atoms in total. The quantitative estimate of drug-likeness (QED) is 0.833. The molecule has 0 spiro atoms. The first-order valence-corrected chi connectivity index (χ1v) is 6.16. The third-order valence-corrected chi connectivity index (χ3v) is 3.41. The standard InChI is InChI=1S/C14H12F2N2O/c15-9-1-4-13(16)12(7-9)14-5-6-18(17-14)10-2-3-11(19)8-10/h1,4-7,10H,2-3,8H2. The summed E-state index contributed by atoms with van der Waals surface area (Å²) in [7, 11) is 0. The average Bonchev–Trinajstić information content (AvgIpc) is 3.00. The summed E-state index contributed by atoms with van der Waals surface area (Å²) in [6.07, 6.45) is 3.50. The third-order valence-electron chi connectivity index (χ3n) is 3.41. The van der Waals surface area contributed by atoms with Crippen LogP contribution in [0.4, 0.5) is 8.78 Å². The Morgan fingerprint density at radius 1 is 1.26 bits per heavy atom. The van der Waals surface area contributed by atoms with Crippen molar-refractivity contribution in [1.29, 1.82) is 0 Å². The Kier molecular flexibility index (Phi) is 2.89. The average molecular weight is 262 g/mol. The van der Waals surface area contributed by atoms with Crippen molar-refractivity contribution in [2.75, 3.05) is 0 Å². The molecule has 5 heteroatoms. The van der Waals surface area contributed by atoms with Crippen LogP contribution in [0, 0.1) is 11.6 Å². The molecule has 0 amide bonds. The molecule has 0 bridgehead atoms. The van der Waals surface area contributed by atoms with Crippen LogP contribution in [0.1, 0.15) is 25.3 Å². The van der Waals surface area contributed by atoms with E-state index in [0.29, 0.717) is 18.5 Å². The summed E-state index contributed by atoms with van der Waals surface area (Å²) < 4.78 is 28.5. The Bertz CT molecular complexity index is 636. The second kappa shape index (κ2) is 4.57. The summed E-state index contributed by atoms with van der Waals surface area (Å²) in [6, 6.07) is 4.97. The lowest BCUT2D eigenvalue weighted by molar-refractivity contribution is -0.117. The number of carbonyl (C=O) groups excluding carboxylic acids is 1. The lowest BCUT2D eigenvalue weighted by Gasteiger charge is -2.08. The summed E-state index contributed by atoms with van der Waals surface area (Å²) in [5, 5.41) is 4.26. The molecule has 2 aromatic rings. The van der Waals surface area contributed by atoms with Gasteiger partial charge in [0.25, 0.3) is 0 Å². The van der Waals surface area contributed by atoms with Crippen LogP contribution in [0.5, 0.6) is 0 Å². The summed E-state index contributed by atoms with van der Waals surface area (Å²) in [6.45, 7) is 0. The minimum Gasteiger partial charge on any atom is -0.300 e. The molecule has 1 saturated carbocycles. The van der Waals surface area contributed by atoms with Crippen LogP contribution < -0.4 is 0 Å². The van der Waals surface area contributed by atoms with Gasteiger partial charge in [-0.15, -0.1) is 0 Å². The van der Waals surface area contributed by atoms with E-state index >= 15 is 0 Å². The number of rotatable bonds is 2. The molecule has 1 aromatic carbocycles.